The van der Waals surface area contributed by atoms with Gasteiger partial charge in [0.05, 0.1) is 17.1 Å². The van der Waals surface area contributed by atoms with Crippen LogP contribution in [0.15, 0.2) is 6.07 Å². The van der Waals surface area contributed by atoms with E-state index in [0.717, 1.165) is 63.9 Å². The number of pyridine rings is 1. The summed E-state index contributed by atoms with van der Waals surface area (Å²) in [7, 11) is -2.78. The lowest BCUT2D eigenvalue weighted by Crippen LogP contribution is -2.29. The zero-order valence-electron chi connectivity index (χ0n) is 18.5. The molecule has 8 heteroatoms. The molecule has 1 aromatic rings. The summed E-state index contributed by atoms with van der Waals surface area (Å²) in [5.74, 6) is 0.184. The third kappa shape index (κ3) is 6.70. The molecule has 0 spiro atoms. The number of Topliss-reactive ketones (excluding diaryl/α,β-unsaturated/α-hetero) is 1. The Labute approximate surface area is 184 Å². The third-order valence-electron chi connectivity index (χ3n) is 7.17. The molecular formula is C23H34F2N2O3S. The van der Waals surface area contributed by atoms with Crippen molar-refractivity contribution in [2.45, 2.75) is 77.7 Å². The minimum Gasteiger partial charge on any atom is -0.365 e. The van der Waals surface area contributed by atoms with Crippen LogP contribution < -0.4 is 5.32 Å². The van der Waals surface area contributed by atoms with Crippen LogP contribution >= 0.6 is 0 Å². The molecule has 2 fully saturated rings. The van der Waals surface area contributed by atoms with E-state index in [1.54, 1.807) is 0 Å². The molecule has 2 aliphatic rings. The van der Waals surface area contributed by atoms with Gasteiger partial charge in [0.15, 0.2) is 17.4 Å². The van der Waals surface area contributed by atoms with Gasteiger partial charge in [-0.15, -0.1) is 0 Å². The standard InChI is InChI=1S/C23H34F2N2O3S/c1-15(4-3-5-17-10-12-31(29,30)13-11-17)18-6-8-19(9-7-18)26-23-21(24)14-20(16(2)28)22(25)27-23/h14-15,17-19H,3-13H2,1-2H3,(H,26,27). The van der Waals surface area contributed by atoms with Crippen molar-refractivity contribution in [1.82, 2.24) is 4.98 Å². The van der Waals surface area contributed by atoms with E-state index in [0.29, 0.717) is 29.3 Å². The summed E-state index contributed by atoms with van der Waals surface area (Å²) in [6, 6.07) is 0.972. The molecule has 5 nitrogen and oxygen atoms in total. The molecule has 1 atom stereocenters. The Kier molecular flexibility index (Phi) is 8.05. The fourth-order valence-electron chi connectivity index (χ4n) is 5.03. The van der Waals surface area contributed by atoms with Crippen molar-refractivity contribution in [2.75, 3.05) is 16.8 Å². The Hall–Kier alpha value is -1.57. The van der Waals surface area contributed by atoms with Crippen molar-refractivity contribution in [1.29, 1.82) is 0 Å². The van der Waals surface area contributed by atoms with Crippen molar-refractivity contribution in [3.63, 3.8) is 0 Å². The topological polar surface area (TPSA) is 76.1 Å². The summed E-state index contributed by atoms with van der Waals surface area (Å²) in [5, 5.41) is 3.02. The summed E-state index contributed by atoms with van der Waals surface area (Å²) in [6.07, 6.45) is 8.87. The maximum Gasteiger partial charge on any atom is 0.225 e. The predicted molar refractivity (Wildman–Crippen MR) is 118 cm³/mol. The summed E-state index contributed by atoms with van der Waals surface area (Å²) in [4.78, 5) is 14.9. The zero-order valence-corrected chi connectivity index (χ0v) is 19.3. The third-order valence-corrected chi connectivity index (χ3v) is 8.89. The molecule has 1 unspecified atom stereocenters. The second-order valence-electron chi connectivity index (χ2n) is 9.47. The summed E-state index contributed by atoms with van der Waals surface area (Å²) < 4.78 is 51.2. The SMILES string of the molecule is CC(=O)c1cc(F)c(NC2CCC(C(C)CCCC3CCS(=O)(=O)CC3)CC2)nc1F. The molecule has 0 radical (unpaired) electrons. The van der Waals surface area contributed by atoms with Gasteiger partial charge in [0.25, 0.3) is 0 Å². The van der Waals surface area contributed by atoms with Crippen molar-refractivity contribution in [3.05, 3.63) is 23.4 Å². The molecular weight excluding hydrogens is 422 g/mol. The molecule has 0 amide bonds. The molecule has 31 heavy (non-hydrogen) atoms. The summed E-state index contributed by atoms with van der Waals surface area (Å²) in [5.41, 5.74) is -0.324. The Bertz CT molecular complexity index is 869. The average Bonchev–Trinajstić information content (AvgIpc) is 2.72. The molecule has 0 aromatic carbocycles. The number of carbonyl (C=O) groups is 1. The van der Waals surface area contributed by atoms with Gasteiger partial charge in [-0.3, -0.25) is 4.79 Å². The average molecular weight is 457 g/mol. The largest absolute Gasteiger partial charge is 0.365 e. The number of halogens is 2. The van der Waals surface area contributed by atoms with Crippen LogP contribution in [0, 0.1) is 29.5 Å². The van der Waals surface area contributed by atoms with Gasteiger partial charge >= 0.3 is 0 Å². The van der Waals surface area contributed by atoms with E-state index in [9.17, 15) is 22.0 Å². The van der Waals surface area contributed by atoms with Crippen LogP contribution in [0.5, 0.6) is 0 Å². The fourth-order valence-corrected chi connectivity index (χ4v) is 6.62. The first-order valence-corrected chi connectivity index (χ1v) is 13.3. The number of aromatic nitrogens is 1. The van der Waals surface area contributed by atoms with Gasteiger partial charge in [-0.1, -0.05) is 26.2 Å². The molecule has 174 valence electrons. The lowest BCUT2D eigenvalue weighted by atomic mass is 9.77. The Morgan fingerprint density at radius 2 is 1.81 bits per heavy atom. The second-order valence-corrected chi connectivity index (χ2v) is 11.8. The van der Waals surface area contributed by atoms with Gasteiger partial charge < -0.3 is 5.32 Å². The van der Waals surface area contributed by atoms with Gasteiger partial charge in [-0.2, -0.15) is 9.37 Å². The zero-order chi connectivity index (χ0) is 22.6. The number of nitrogens with zero attached hydrogens (tertiary/aromatic N) is 1. The van der Waals surface area contributed by atoms with Crippen LogP contribution in [-0.2, 0) is 9.84 Å². The summed E-state index contributed by atoms with van der Waals surface area (Å²) in [6.45, 7) is 3.48. The van der Waals surface area contributed by atoms with E-state index in [1.807, 2.05) is 0 Å². The van der Waals surface area contributed by atoms with Gasteiger partial charge in [-0.25, -0.2) is 12.8 Å². The Morgan fingerprint density at radius 3 is 2.42 bits per heavy atom. The second kappa shape index (κ2) is 10.4. The number of sulfone groups is 1. The first kappa shape index (κ1) is 24.1. The molecule has 1 saturated heterocycles. The van der Waals surface area contributed by atoms with Gasteiger partial charge in [0, 0.05) is 6.04 Å². The minimum absolute atomic E-state index is 0.0530. The van der Waals surface area contributed by atoms with E-state index in [4.69, 9.17) is 0 Å². The highest BCUT2D eigenvalue weighted by Crippen LogP contribution is 2.35. The van der Waals surface area contributed by atoms with E-state index in [1.165, 1.54) is 6.92 Å². The van der Waals surface area contributed by atoms with Gasteiger partial charge in [0.2, 0.25) is 5.95 Å². The van der Waals surface area contributed by atoms with E-state index in [2.05, 4.69) is 17.2 Å². The first-order chi connectivity index (χ1) is 14.6. The normalized spacial score (nSPS) is 25.2. The van der Waals surface area contributed by atoms with Crippen LogP contribution in [0.3, 0.4) is 0 Å². The predicted octanol–water partition coefficient (Wildman–Crippen LogP) is 5.16. The number of ketones is 1. The van der Waals surface area contributed by atoms with Crippen LogP contribution in [0.2, 0.25) is 0 Å². The maximum atomic E-state index is 14.2. The monoisotopic (exact) mass is 456 g/mol. The highest BCUT2D eigenvalue weighted by atomic mass is 32.2. The van der Waals surface area contributed by atoms with E-state index in [-0.39, 0.29) is 17.4 Å². The van der Waals surface area contributed by atoms with Crippen LogP contribution in [0.4, 0.5) is 14.6 Å². The highest BCUT2D eigenvalue weighted by molar-refractivity contribution is 7.91. The number of anilines is 1. The van der Waals surface area contributed by atoms with Crippen LogP contribution in [0.25, 0.3) is 0 Å². The minimum atomic E-state index is -2.78. The van der Waals surface area contributed by atoms with Crippen molar-refractivity contribution in [3.8, 4) is 0 Å². The quantitative estimate of drug-likeness (QED) is 0.432. The molecule has 1 aliphatic heterocycles. The summed E-state index contributed by atoms with van der Waals surface area (Å²) >= 11 is 0. The molecule has 2 heterocycles. The molecule has 3 rings (SSSR count). The smallest absolute Gasteiger partial charge is 0.225 e. The molecule has 1 aliphatic carbocycles. The Balaban J connectivity index is 1.40. The molecule has 0 bridgehead atoms. The van der Waals surface area contributed by atoms with Crippen LogP contribution in [-0.4, -0.2) is 36.7 Å². The molecule has 1 aromatic heterocycles. The van der Waals surface area contributed by atoms with E-state index < -0.39 is 27.4 Å². The number of hydrogen-bond donors (Lipinski definition) is 1. The van der Waals surface area contributed by atoms with Gasteiger partial charge in [0.1, 0.15) is 9.84 Å². The number of rotatable bonds is 8. The van der Waals surface area contributed by atoms with Crippen molar-refractivity contribution < 1.29 is 22.0 Å². The van der Waals surface area contributed by atoms with Crippen molar-refractivity contribution in [2.24, 2.45) is 17.8 Å². The molecule has 1 saturated carbocycles. The molecule has 1 N–H and O–H groups in total. The number of carbonyl (C=O) groups excluding carboxylic acids is 1. The first-order valence-electron chi connectivity index (χ1n) is 11.5. The van der Waals surface area contributed by atoms with E-state index >= 15 is 0 Å². The lowest BCUT2D eigenvalue weighted by molar-refractivity contribution is 0.101. The number of nitrogens with one attached hydrogen (secondary N) is 1. The fraction of sp³-hybridized carbons (Fsp3) is 0.739. The maximum absolute atomic E-state index is 14.2. The number of hydrogen-bond acceptors (Lipinski definition) is 5. The lowest BCUT2D eigenvalue weighted by Gasteiger charge is -2.33. The van der Waals surface area contributed by atoms with Gasteiger partial charge in [-0.05, 0) is 69.3 Å². The van der Waals surface area contributed by atoms with Crippen LogP contribution in [0.1, 0.15) is 82.0 Å². The van der Waals surface area contributed by atoms with Crippen molar-refractivity contribution >= 4 is 21.4 Å². The Morgan fingerprint density at radius 1 is 1.16 bits per heavy atom. The highest BCUT2D eigenvalue weighted by Gasteiger charge is 2.27.